The maximum Gasteiger partial charge on any atom is 0.407 e. The lowest BCUT2D eigenvalue weighted by Crippen LogP contribution is -2.51. The van der Waals surface area contributed by atoms with E-state index in [-0.39, 0.29) is 42.3 Å². The van der Waals surface area contributed by atoms with Crippen molar-refractivity contribution < 1.29 is 51.7 Å². The first kappa shape index (κ1) is 35.0. The number of aliphatic hydroxyl groups excluding tert-OH is 1. The number of ether oxygens (including phenoxy) is 4. The molecule has 1 saturated carbocycles. The van der Waals surface area contributed by atoms with Crippen LogP contribution in [-0.2, 0) is 45.1 Å². The Bertz CT molecular complexity index is 1440. The SMILES string of the molecule is CON(C)C(=O)COc1cccc(S(=O)(=O)N(C[C@H](O)[C@H](Cc2ccccc2)NC(=O)O[C@H]2CO[C@H]3OCC[C@H]32)OC2CCCC2)c1. The van der Waals surface area contributed by atoms with E-state index in [0.29, 0.717) is 25.9 Å². The molecule has 3 aliphatic rings. The van der Waals surface area contributed by atoms with E-state index in [1.165, 1.54) is 38.4 Å². The van der Waals surface area contributed by atoms with Gasteiger partial charge in [-0.3, -0.25) is 14.5 Å². The van der Waals surface area contributed by atoms with Gasteiger partial charge in [-0.1, -0.05) is 53.7 Å². The molecule has 2 aromatic carbocycles. The molecule has 2 aliphatic heterocycles. The zero-order valence-electron chi connectivity index (χ0n) is 26.6. The van der Waals surface area contributed by atoms with E-state index in [0.717, 1.165) is 27.9 Å². The van der Waals surface area contributed by atoms with Gasteiger partial charge in [0, 0.05) is 13.1 Å². The lowest BCUT2D eigenvalue weighted by atomic mass is 10.0. The molecule has 0 bridgehead atoms. The Hall–Kier alpha value is -3.31. The summed E-state index contributed by atoms with van der Waals surface area (Å²) in [6, 6.07) is 14.0. The lowest BCUT2D eigenvalue weighted by molar-refractivity contribution is -0.170. The van der Waals surface area contributed by atoms with Crippen molar-refractivity contribution in [2.75, 3.05) is 40.5 Å². The molecule has 0 unspecified atom stereocenters. The third-order valence-electron chi connectivity index (χ3n) is 8.57. The fraction of sp³-hybridized carbons (Fsp3) is 0.562. The van der Waals surface area contributed by atoms with Crippen LogP contribution in [0.1, 0.15) is 37.7 Å². The van der Waals surface area contributed by atoms with E-state index >= 15 is 0 Å². The average Bonchev–Trinajstić information content (AvgIpc) is 3.84. The summed E-state index contributed by atoms with van der Waals surface area (Å²) in [6.07, 6.45) is 0.565. The Morgan fingerprint density at radius 2 is 1.83 bits per heavy atom. The molecule has 0 spiro atoms. The number of likely N-dealkylation sites (N-methyl/N-ethyl adjacent to an activating group) is 1. The van der Waals surface area contributed by atoms with Gasteiger partial charge in [-0.2, -0.15) is 0 Å². The minimum atomic E-state index is -4.35. The van der Waals surface area contributed by atoms with E-state index in [2.05, 4.69) is 5.32 Å². The van der Waals surface area contributed by atoms with Crippen molar-refractivity contribution in [1.29, 1.82) is 0 Å². The number of aliphatic hydroxyl groups is 1. The summed E-state index contributed by atoms with van der Waals surface area (Å²) >= 11 is 0. The summed E-state index contributed by atoms with van der Waals surface area (Å²) in [5.41, 5.74) is 0.815. The highest BCUT2D eigenvalue weighted by atomic mass is 32.2. The molecule has 2 saturated heterocycles. The highest BCUT2D eigenvalue weighted by Gasteiger charge is 2.44. The van der Waals surface area contributed by atoms with Gasteiger partial charge in [0.25, 0.3) is 15.9 Å². The number of hydrogen-bond acceptors (Lipinski definition) is 11. The number of benzene rings is 2. The van der Waals surface area contributed by atoms with Gasteiger partial charge in [-0.15, -0.1) is 0 Å². The van der Waals surface area contributed by atoms with E-state index in [1.54, 1.807) is 0 Å². The summed E-state index contributed by atoms with van der Waals surface area (Å²) in [4.78, 5) is 36.0. The zero-order valence-corrected chi connectivity index (χ0v) is 27.4. The molecule has 258 valence electrons. The number of hydroxylamine groups is 3. The van der Waals surface area contributed by atoms with E-state index < -0.39 is 53.1 Å². The van der Waals surface area contributed by atoms with Crippen molar-refractivity contribution in [2.24, 2.45) is 5.92 Å². The van der Waals surface area contributed by atoms with Crippen LogP contribution in [0.4, 0.5) is 4.79 Å². The third-order valence-corrected chi connectivity index (χ3v) is 10.2. The fourth-order valence-electron chi connectivity index (χ4n) is 5.84. The fourth-order valence-corrected chi connectivity index (χ4v) is 7.17. The number of nitrogens with zero attached hydrogens (tertiary/aromatic N) is 2. The Balaban J connectivity index is 1.33. The van der Waals surface area contributed by atoms with Crippen LogP contribution in [0.15, 0.2) is 59.5 Å². The van der Waals surface area contributed by atoms with Crippen molar-refractivity contribution in [3.05, 3.63) is 60.2 Å². The molecule has 14 nitrogen and oxygen atoms in total. The van der Waals surface area contributed by atoms with E-state index in [1.807, 2.05) is 30.3 Å². The van der Waals surface area contributed by atoms with Crippen LogP contribution in [-0.4, -0.2) is 106 Å². The first-order chi connectivity index (χ1) is 22.6. The van der Waals surface area contributed by atoms with Crippen molar-refractivity contribution in [3.8, 4) is 5.75 Å². The van der Waals surface area contributed by atoms with Gasteiger partial charge in [0.15, 0.2) is 12.9 Å². The predicted octanol–water partition coefficient (Wildman–Crippen LogP) is 2.41. The molecule has 0 radical (unpaired) electrons. The van der Waals surface area contributed by atoms with Gasteiger partial charge >= 0.3 is 6.09 Å². The number of carbonyl (C=O) groups excluding carboxylic acids is 2. The number of nitrogens with one attached hydrogen (secondary N) is 1. The van der Waals surface area contributed by atoms with Crippen molar-refractivity contribution in [3.63, 3.8) is 0 Å². The molecule has 2 N–H and O–H groups in total. The highest BCUT2D eigenvalue weighted by molar-refractivity contribution is 7.89. The number of fused-ring (bicyclic) bond motifs is 1. The van der Waals surface area contributed by atoms with Crippen molar-refractivity contribution in [2.45, 2.75) is 74.1 Å². The predicted molar refractivity (Wildman–Crippen MR) is 166 cm³/mol. The normalized spacial score (nSPS) is 22.5. The molecule has 2 amide bonds. The standard InChI is InChI=1S/C32H43N3O11S/c1-34(41-2)30(37)21-43-24-13-8-14-25(18-24)47(39,40)35(46-23-11-6-7-12-23)19-28(36)27(17-22-9-4-3-5-10-22)33-32(38)45-29-20-44-31-26(29)15-16-42-31/h3-5,8-10,13-14,18,23,26-29,31,36H,6-7,11-12,15-17,19-21H2,1-2H3,(H,33,38)/t26-,27-,28-,29-,31+/m0/s1. The average molecular weight is 678 g/mol. The quantitative estimate of drug-likeness (QED) is 0.266. The minimum Gasteiger partial charge on any atom is -0.484 e. The zero-order chi connectivity index (χ0) is 33.4. The van der Waals surface area contributed by atoms with Crippen LogP contribution >= 0.6 is 0 Å². The van der Waals surface area contributed by atoms with Crippen LogP contribution in [0.3, 0.4) is 0 Å². The Morgan fingerprint density at radius 1 is 1.06 bits per heavy atom. The van der Waals surface area contributed by atoms with Crippen LogP contribution in [0.2, 0.25) is 0 Å². The van der Waals surface area contributed by atoms with Crippen molar-refractivity contribution in [1.82, 2.24) is 14.8 Å². The van der Waals surface area contributed by atoms with Crippen LogP contribution in [0, 0.1) is 5.92 Å². The minimum absolute atomic E-state index is 0.0718. The molecule has 2 heterocycles. The number of sulfonamides is 1. The number of amides is 2. The summed E-state index contributed by atoms with van der Waals surface area (Å²) in [7, 11) is -1.58. The molecule has 2 aromatic rings. The van der Waals surface area contributed by atoms with Crippen LogP contribution in [0.5, 0.6) is 5.75 Å². The Kier molecular flexibility index (Phi) is 12.1. The monoisotopic (exact) mass is 677 g/mol. The topological polar surface area (TPSA) is 162 Å². The lowest BCUT2D eigenvalue weighted by Gasteiger charge is -2.31. The number of rotatable bonds is 15. The van der Waals surface area contributed by atoms with Gasteiger partial charge in [0.2, 0.25) is 0 Å². The van der Waals surface area contributed by atoms with Gasteiger partial charge in [-0.05, 0) is 43.4 Å². The molecule has 15 heteroatoms. The first-order valence-electron chi connectivity index (χ1n) is 15.8. The van der Waals surface area contributed by atoms with Gasteiger partial charge in [-0.25, -0.2) is 18.3 Å². The van der Waals surface area contributed by atoms with Gasteiger partial charge in [0.05, 0.1) is 55.9 Å². The van der Waals surface area contributed by atoms with Crippen molar-refractivity contribution >= 4 is 22.0 Å². The molecule has 3 fully saturated rings. The number of hydrogen-bond donors (Lipinski definition) is 2. The number of carbonyl (C=O) groups is 2. The second kappa shape index (κ2) is 16.2. The molecule has 5 atom stereocenters. The van der Waals surface area contributed by atoms with E-state index in [4.69, 9.17) is 28.6 Å². The summed E-state index contributed by atoms with van der Waals surface area (Å²) in [5.74, 6) is -0.401. The molecule has 5 rings (SSSR count). The molecule has 47 heavy (non-hydrogen) atoms. The second-order valence-electron chi connectivity index (χ2n) is 11.8. The summed E-state index contributed by atoms with van der Waals surface area (Å²) < 4.78 is 51.2. The highest BCUT2D eigenvalue weighted by Crippen LogP contribution is 2.33. The van der Waals surface area contributed by atoms with Crippen LogP contribution in [0.25, 0.3) is 0 Å². The molecule has 1 aliphatic carbocycles. The smallest absolute Gasteiger partial charge is 0.407 e. The van der Waals surface area contributed by atoms with E-state index in [9.17, 15) is 23.1 Å². The molecule has 0 aromatic heterocycles. The Morgan fingerprint density at radius 3 is 2.57 bits per heavy atom. The third kappa shape index (κ3) is 9.19. The maximum atomic E-state index is 14.0. The number of alkyl carbamates (subject to hydrolysis) is 1. The Labute approximate surface area is 274 Å². The largest absolute Gasteiger partial charge is 0.484 e. The summed E-state index contributed by atoms with van der Waals surface area (Å²) in [6.45, 7) is -0.130. The maximum absolute atomic E-state index is 14.0. The second-order valence-corrected chi connectivity index (χ2v) is 13.6. The molecular weight excluding hydrogens is 634 g/mol. The van der Waals surface area contributed by atoms with Gasteiger partial charge < -0.3 is 29.4 Å². The first-order valence-corrected chi connectivity index (χ1v) is 17.2. The molecular formula is C32H43N3O11S. The van der Waals surface area contributed by atoms with Gasteiger partial charge in [0.1, 0.15) is 11.9 Å². The summed E-state index contributed by atoms with van der Waals surface area (Å²) in [5, 5.41) is 15.3. The van der Waals surface area contributed by atoms with Crippen LogP contribution < -0.4 is 10.1 Å².